The summed E-state index contributed by atoms with van der Waals surface area (Å²) in [6.07, 6.45) is 1.15. The first-order chi connectivity index (χ1) is 13.1. The molecule has 4 nitrogen and oxygen atoms in total. The van der Waals surface area contributed by atoms with Crippen LogP contribution in [0.1, 0.15) is 11.2 Å². The summed E-state index contributed by atoms with van der Waals surface area (Å²) >= 11 is 1.58. The number of anilines is 1. The van der Waals surface area contributed by atoms with Crippen molar-refractivity contribution in [1.82, 2.24) is 9.47 Å². The first-order valence-corrected chi connectivity index (χ1v) is 9.90. The maximum Gasteiger partial charge on any atom is 0.255 e. The Balaban J connectivity index is 1.79. The van der Waals surface area contributed by atoms with E-state index in [0.29, 0.717) is 6.54 Å². The van der Waals surface area contributed by atoms with E-state index < -0.39 is 6.17 Å². The summed E-state index contributed by atoms with van der Waals surface area (Å²) in [5.41, 5.74) is 2.49. The van der Waals surface area contributed by atoms with Crippen LogP contribution in [0.15, 0.2) is 54.4 Å². The predicted octanol–water partition coefficient (Wildman–Crippen LogP) is 4.65. The molecule has 3 heterocycles. The second-order valence-electron chi connectivity index (χ2n) is 6.94. The number of carbonyl (C=O) groups excluding carboxylic acids is 1. The van der Waals surface area contributed by atoms with Gasteiger partial charge in [0.15, 0.2) is 0 Å². The van der Waals surface area contributed by atoms with Crippen LogP contribution >= 0.6 is 11.3 Å². The van der Waals surface area contributed by atoms with Gasteiger partial charge in [0.05, 0.1) is 22.1 Å². The van der Waals surface area contributed by atoms with E-state index >= 15 is 0 Å². The van der Waals surface area contributed by atoms with Crippen LogP contribution in [-0.2, 0) is 0 Å². The van der Waals surface area contributed by atoms with Crippen LogP contribution in [0.2, 0.25) is 0 Å². The normalized spacial score (nSPS) is 20.7. The van der Waals surface area contributed by atoms with Crippen molar-refractivity contribution < 1.29 is 9.18 Å². The predicted molar refractivity (Wildman–Crippen MR) is 110 cm³/mol. The topological polar surface area (TPSA) is 37.3 Å². The molecule has 2 unspecified atom stereocenters. The van der Waals surface area contributed by atoms with Gasteiger partial charge in [-0.05, 0) is 49.2 Å². The number of benzene rings is 1. The molecular formula is C21H22FN3OS. The van der Waals surface area contributed by atoms with Crippen molar-refractivity contribution in [2.45, 2.75) is 18.6 Å². The molecule has 1 fully saturated rings. The van der Waals surface area contributed by atoms with Gasteiger partial charge in [-0.2, -0.15) is 0 Å². The first-order valence-electron chi connectivity index (χ1n) is 9.02. The second kappa shape index (κ2) is 7.29. The van der Waals surface area contributed by atoms with E-state index in [1.54, 1.807) is 15.9 Å². The molecule has 0 amide bonds. The van der Waals surface area contributed by atoms with Crippen molar-refractivity contribution in [2.75, 3.05) is 25.5 Å². The molecule has 2 atom stereocenters. The Hall–Kier alpha value is -2.44. The molecule has 1 aliphatic rings. The fourth-order valence-electron chi connectivity index (χ4n) is 3.71. The molecule has 27 heavy (non-hydrogen) atoms. The Labute approximate surface area is 161 Å². The monoisotopic (exact) mass is 383 g/mol. The quantitative estimate of drug-likeness (QED) is 0.667. The lowest BCUT2D eigenvalue weighted by Gasteiger charge is -2.33. The third kappa shape index (κ3) is 3.31. The van der Waals surface area contributed by atoms with Crippen LogP contribution < -0.4 is 5.32 Å². The van der Waals surface area contributed by atoms with Crippen molar-refractivity contribution in [3.8, 4) is 10.6 Å². The van der Waals surface area contributed by atoms with E-state index in [4.69, 9.17) is 0 Å². The number of rotatable bonds is 4. The Morgan fingerprint density at radius 3 is 2.93 bits per heavy atom. The lowest BCUT2D eigenvalue weighted by Crippen LogP contribution is -2.46. The van der Waals surface area contributed by atoms with Crippen molar-refractivity contribution in [3.63, 3.8) is 0 Å². The average Bonchev–Trinajstić information content (AvgIpc) is 3.31. The van der Waals surface area contributed by atoms with Crippen LogP contribution in [0.3, 0.4) is 0 Å². The highest BCUT2D eigenvalue weighted by Crippen LogP contribution is 2.35. The van der Waals surface area contributed by atoms with Crippen molar-refractivity contribution in [2.24, 2.45) is 0 Å². The molecule has 1 aromatic carbocycles. The van der Waals surface area contributed by atoms with Gasteiger partial charge in [0, 0.05) is 24.2 Å². The van der Waals surface area contributed by atoms with Crippen LogP contribution in [0.4, 0.5) is 10.1 Å². The van der Waals surface area contributed by atoms with Crippen LogP contribution in [0, 0.1) is 0 Å². The Morgan fingerprint density at radius 2 is 2.22 bits per heavy atom. The molecule has 0 aliphatic carbocycles. The number of aromatic nitrogens is 1. The summed E-state index contributed by atoms with van der Waals surface area (Å²) in [7, 11) is 1.94. The zero-order valence-electron chi connectivity index (χ0n) is 15.2. The van der Waals surface area contributed by atoms with Gasteiger partial charge in [-0.1, -0.05) is 18.7 Å². The maximum atomic E-state index is 14.5. The minimum Gasteiger partial charge on any atom is -0.379 e. The fourth-order valence-corrected chi connectivity index (χ4v) is 4.44. The highest BCUT2D eigenvalue weighted by atomic mass is 32.1. The van der Waals surface area contributed by atoms with Crippen molar-refractivity contribution in [1.29, 1.82) is 0 Å². The number of carbonyl (C=O) groups is 1. The number of fused-ring (bicyclic) bond motifs is 1. The minimum atomic E-state index is -0.923. The van der Waals surface area contributed by atoms with Crippen LogP contribution in [0.5, 0.6) is 0 Å². The van der Waals surface area contributed by atoms with E-state index in [-0.39, 0.29) is 11.9 Å². The summed E-state index contributed by atoms with van der Waals surface area (Å²) in [6, 6.07) is 11.5. The van der Waals surface area contributed by atoms with Crippen LogP contribution in [-0.4, -0.2) is 47.7 Å². The van der Waals surface area contributed by atoms with Gasteiger partial charge in [-0.3, -0.25) is 9.36 Å². The number of hydrogen-bond acceptors (Lipinski definition) is 4. The number of nitrogens with zero attached hydrogens (tertiary/aromatic N) is 2. The first kappa shape index (κ1) is 17.9. The summed E-state index contributed by atoms with van der Waals surface area (Å²) in [6.45, 7) is 4.94. The average molecular weight is 383 g/mol. The van der Waals surface area contributed by atoms with E-state index in [0.717, 1.165) is 40.1 Å². The number of halogens is 1. The van der Waals surface area contributed by atoms with Gasteiger partial charge >= 0.3 is 0 Å². The Bertz CT molecular complexity index is 979. The minimum absolute atomic E-state index is 0.173. The van der Waals surface area contributed by atoms with Crippen LogP contribution in [0.25, 0.3) is 21.5 Å². The van der Waals surface area contributed by atoms with Gasteiger partial charge in [0.25, 0.3) is 5.91 Å². The molecule has 0 bridgehead atoms. The summed E-state index contributed by atoms with van der Waals surface area (Å²) in [4.78, 5) is 15.6. The number of likely N-dealkylation sites (tertiary alicyclic amines) is 1. The number of thiophene rings is 1. The molecule has 1 saturated heterocycles. The number of alkyl halides is 1. The van der Waals surface area contributed by atoms with Gasteiger partial charge in [-0.15, -0.1) is 11.3 Å². The van der Waals surface area contributed by atoms with E-state index in [1.165, 1.54) is 6.08 Å². The summed E-state index contributed by atoms with van der Waals surface area (Å²) < 4.78 is 16.2. The van der Waals surface area contributed by atoms with E-state index in [9.17, 15) is 9.18 Å². The van der Waals surface area contributed by atoms with Gasteiger partial charge in [-0.25, -0.2) is 4.39 Å². The highest BCUT2D eigenvalue weighted by Gasteiger charge is 2.28. The lowest BCUT2D eigenvalue weighted by molar-refractivity contribution is 0.0976. The zero-order valence-corrected chi connectivity index (χ0v) is 16.0. The summed E-state index contributed by atoms with van der Waals surface area (Å²) in [5.74, 6) is -0.173. The molecule has 4 rings (SSSR count). The SMILES string of the molecule is C=CC(=O)n1c(-c2cccs2)cc2c(NC3CCN(C)CC3F)cccc21. The molecule has 140 valence electrons. The van der Waals surface area contributed by atoms with Gasteiger partial charge in [0.1, 0.15) is 6.17 Å². The molecule has 6 heteroatoms. The van der Waals surface area contributed by atoms with E-state index in [1.807, 2.05) is 53.7 Å². The number of nitrogens with one attached hydrogen (secondary N) is 1. The molecule has 0 radical (unpaired) electrons. The molecule has 0 spiro atoms. The highest BCUT2D eigenvalue weighted by molar-refractivity contribution is 7.13. The van der Waals surface area contributed by atoms with Gasteiger partial charge in [0.2, 0.25) is 0 Å². The largest absolute Gasteiger partial charge is 0.379 e. The maximum absolute atomic E-state index is 14.5. The Kier molecular flexibility index (Phi) is 4.85. The standard InChI is InChI=1S/C21H22FN3OS/c1-3-21(26)25-18-7-4-6-16(23-17-9-10-24(2)13-15(17)22)14(18)12-19(25)20-8-5-11-27-20/h3-8,11-12,15,17,23H,1,9-10,13H2,2H3. The lowest BCUT2D eigenvalue weighted by atomic mass is 10.0. The third-order valence-corrected chi connectivity index (χ3v) is 5.99. The van der Waals surface area contributed by atoms with Crippen molar-refractivity contribution in [3.05, 3.63) is 54.4 Å². The molecule has 2 aromatic heterocycles. The zero-order chi connectivity index (χ0) is 19.0. The molecular weight excluding hydrogens is 361 g/mol. The third-order valence-electron chi connectivity index (χ3n) is 5.10. The number of hydrogen-bond donors (Lipinski definition) is 1. The smallest absolute Gasteiger partial charge is 0.255 e. The molecule has 3 aromatic rings. The van der Waals surface area contributed by atoms with E-state index in [2.05, 4.69) is 11.9 Å². The number of piperidine rings is 1. The molecule has 0 saturated carbocycles. The number of allylic oxidation sites excluding steroid dienone is 1. The second-order valence-corrected chi connectivity index (χ2v) is 7.89. The fraction of sp³-hybridized carbons (Fsp3) is 0.286. The van der Waals surface area contributed by atoms with Gasteiger partial charge < -0.3 is 10.2 Å². The molecule has 1 aliphatic heterocycles. The van der Waals surface area contributed by atoms with Crippen molar-refractivity contribution >= 4 is 33.8 Å². The summed E-state index contributed by atoms with van der Waals surface area (Å²) in [5, 5.41) is 6.29. The molecule has 1 N–H and O–H groups in total. The Morgan fingerprint density at radius 1 is 1.37 bits per heavy atom.